The molecule has 2 heteroatoms. The Bertz CT molecular complexity index is 2710. The molecule has 1 heterocycles. The van der Waals surface area contributed by atoms with Gasteiger partial charge >= 0.3 is 0 Å². The minimum atomic E-state index is 0.168. The number of hydrogen-bond donors (Lipinski definition) is 0. The molecule has 4 fully saturated rings. The largest absolute Gasteiger partial charge is 0.310 e. The van der Waals surface area contributed by atoms with Crippen LogP contribution in [0.25, 0.3) is 53.6 Å². The van der Waals surface area contributed by atoms with Crippen LogP contribution in [0.5, 0.6) is 0 Å². The first-order valence-electron chi connectivity index (χ1n) is 19.9. The molecule has 0 unspecified atom stereocenters. The zero-order valence-corrected chi connectivity index (χ0v) is 31.1. The van der Waals surface area contributed by atoms with E-state index in [4.69, 9.17) is 0 Å². The zero-order chi connectivity index (χ0) is 35.4. The first-order valence-corrected chi connectivity index (χ1v) is 20.7. The van der Waals surface area contributed by atoms with E-state index in [9.17, 15) is 0 Å². The highest BCUT2D eigenvalue weighted by Gasteiger charge is 2.61. The van der Waals surface area contributed by atoms with Crippen molar-refractivity contribution >= 4 is 48.6 Å². The standard InChI is InChI=1S/C52H41NS/c1-2-10-36(11-3-1)42-12-5-8-16-49(42)53(40-21-18-35(19-22-40)37-20-24-45-44-14-6-9-17-50(44)54-51(45)31-37)41-23-25-48-46(32-41)43-13-4-7-15-47(43)52(48)38-27-33-26-34(29-38)30-39(52)28-33/h1-25,31-34,38-39H,26-30H2. The van der Waals surface area contributed by atoms with Crippen molar-refractivity contribution in [2.24, 2.45) is 23.7 Å². The van der Waals surface area contributed by atoms with Crippen molar-refractivity contribution < 1.29 is 0 Å². The summed E-state index contributed by atoms with van der Waals surface area (Å²) in [5.41, 5.74) is 14.8. The summed E-state index contributed by atoms with van der Waals surface area (Å²) in [6.07, 6.45) is 7.09. The van der Waals surface area contributed by atoms with Gasteiger partial charge in [0.1, 0.15) is 0 Å². The monoisotopic (exact) mass is 711 g/mol. The van der Waals surface area contributed by atoms with Crippen molar-refractivity contribution in [3.63, 3.8) is 0 Å². The van der Waals surface area contributed by atoms with Gasteiger partial charge in [0.15, 0.2) is 0 Å². The van der Waals surface area contributed by atoms with Gasteiger partial charge in [-0.05, 0) is 137 Å². The van der Waals surface area contributed by atoms with Crippen LogP contribution >= 0.6 is 11.3 Å². The van der Waals surface area contributed by atoms with Crippen LogP contribution in [0, 0.1) is 23.7 Å². The van der Waals surface area contributed by atoms with Crippen LogP contribution < -0.4 is 4.90 Å². The Labute approximate surface area is 321 Å². The average Bonchev–Trinajstić information content (AvgIpc) is 3.74. The zero-order valence-electron chi connectivity index (χ0n) is 30.3. The molecule has 0 amide bonds. The van der Waals surface area contributed by atoms with Crippen molar-refractivity contribution in [3.8, 4) is 33.4 Å². The molecule has 5 aliphatic rings. The lowest BCUT2D eigenvalue weighted by molar-refractivity contribution is -0.0399. The van der Waals surface area contributed by atoms with Gasteiger partial charge in [-0.2, -0.15) is 0 Å². The fourth-order valence-corrected chi connectivity index (χ4v) is 13.1. The summed E-state index contributed by atoms with van der Waals surface area (Å²) in [6, 6.07) is 61.8. The van der Waals surface area contributed by atoms with Crippen LogP contribution in [-0.2, 0) is 5.41 Å². The molecule has 0 N–H and O–H groups in total. The molecular formula is C52H41NS. The van der Waals surface area contributed by atoms with E-state index in [0.29, 0.717) is 0 Å². The third-order valence-corrected chi connectivity index (χ3v) is 15.0. The molecular weight excluding hydrogens is 671 g/mol. The van der Waals surface area contributed by atoms with Gasteiger partial charge in [0.05, 0.1) is 5.69 Å². The Morgan fingerprint density at radius 2 is 1.06 bits per heavy atom. The van der Waals surface area contributed by atoms with E-state index in [0.717, 1.165) is 23.7 Å². The minimum Gasteiger partial charge on any atom is -0.310 e. The molecule has 4 bridgehead atoms. The normalized spacial score (nSPS) is 23.3. The average molecular weight is 712 g/mol. The quantitative estimate of drug-likeness (QED) is 0.172. The summed E-state index contributed by atoms with van der Waals surface area (Å²) < 4.78 is 2.69. The third-order valence-electron chi connectivity index (χ3n) is 13.9. The number of nitrogens with zero attached hydrogens (tertiary/aromatic N) is 1. The van der Waals surface area contributed by atoms with Crippen LogP contribution in [0.4, 0.5) is 17.1 Å². The number of thiophene rings is 1. The van der Waals surface area contributed by atoms with Gasteiger partial charge in [-0.3, -0.25) is 0 Å². The van der Waals surface area contributed by atoms with E-state index in [2.05, 4.69) is 169 Å². The molecule has 4 saturated carbocycles. The summed E-state index contributed by atoms with van der Waals surface area (Å²) in [7, 11) is 0. The maximum absolute atomic E-state index is 2.56. The van der Waals surface area contributed by atoms with Crippen LogP contribution in [0.1, 0.15) is 43.2 Å². The lowest BCUT2D eigenvalue weighted by Gasteiger charge is -2.61. The van der Waals surface area contributed by atoms with Gasteiger partial charge in [-0.15, -0.1) is 11.3 Å². The SMILES string of the molecule is c1ccc(-c2ccccc2N(c2ccc(-c3ccc4c(c3)sc3ccccc34)cc2)c2ccc3c(c2)-c2ccccc2C32C3CC4CC(C3)CC2C4)cc1. The first kappa shape index (κ1) is 31.0. The number of hydrogen-bond acceptors (Lipinski definition) is 2. The van der Waals surface area contributed by atoms with Crippen molar-refractivity contribution in [1.82, 2.24) is 0 Å². The Morgan fingerprint density at radius 1 is 0.426 bits per heavy atom. The van der Waals surface area contributed by atoms with Gasteiger partial charge in [0.2, 0.25) is 0 Å². The highest BCUT2D eigenvalue weighted by Crippen LogP contribution is 2.69. The number of fused-ring (bicyclic) bond motifs is 6. The van der Waals surface area contributed by atoms with Gasteiger partial charge in [0.25, 0.3) is 0 Å². The molecule has 8 aromatic rings. The van der Waals surface area contributed by atoms with Gasteiger partial charge in [0, 0.05) is 42.5 Å². The highest BCUT2D eigenvalue weighted by molar-refractivity contribution is 7.25. The number of benzene rings is 7. The molecule has 13 rings (SSSR count). The molecule has 0 radical (unpaired) electrons. The number of rotatable bonds is 5. The Balaban J connectivity index is 1.01. The van der Waals surface area contributed by atoms with Gasteiger partial charge in [-0.1, -0.05) is 121 Å². The summed E-state index contributed by atoms with van der Waals surface area (Å²) in [5, 5.41) is 2.69. The molecule has 1 spiro atoms. The first-order chi connectivity index (χ1) is 26.7. The Kier molecular flexibility index (Phi) is 6.75. The second-order valence-electron chi connectivity index (χ2n) is 16.5. The summed E-state index contributed by atoms with van der Waals surface area (Å²) in [5.74, 6) is 3.40. The number of anilines is 3. The van der Waals surface area contributed by atoms with Crippen LogP contribution in [0.2, 0.25) is 0 Å². The smallest absolute Gasteiger partial charge is 0.0540 e. The number of para-hydroxylation sites is 1. The summed E-state index contributed by atoms with van der Waals surface area (Å²) in [6.45, 7) is 0. The molecule has 54 heavy (non-hydrogen) atoms. The fraction of sp³-hybridized carbons (Fsp3) is 0.192. The summed E-state index contributed by atoms with van der Waals surface area (Å²) in [4.78, 5) is 2.51. The van der Waals surface area contributed by atoms with E-state index in [-0.39, 0.29) is 5.41 Å². The second-order valence-corrected chi connectivity index (χ2v) is 17.6. The lowest BCUT2D eigenvalue weighted by Crippen LogP contribution is -2.55. The third kappa shape index (κ3) is 4.44. The van der Waals surface area contributed by atoms with Crippen LogP contribution in [0.3, 0.4) is 0 Å². The molecule has 0 atom stereocenters. The van der Waals surface area contributed by atoms with Crippen molar-refractivity contribution in [2.45, 2.75) is 37.5 Å². The van der Waals surface area contributed by atoms with Crippen molar-refractivity contribution in [3.05, 3.63) is 175 Å². The lowest BCUT2D eigenvalue weighted by atomic mass is 9.43. The van der Waals surface area contributed by atoms with Gasteiger partial charge < -0.3 is 4.90 Å². The van der Waals surface area contributed by atoms with Crippen molar-refractivity contribution in [2.75, 3.05) is 4.90 Å². The Morgan fingerprint density at radius 3 is 1.87 bits per heavy atom. The predicted octanol–water partition coefficient (Wildman–Crippen LogP) is 14.6. The fourth-order valence-electron chi connectivity index (χ4n) is 12.0. The molecule has 5 aliphatic carbocycles. The van der Waals surface area contributed by atoms with E-state index in [1.54, 1.807) is 11.1 Å². The molecule has 7 aromatic carbocycles. The molecule has 1 nitrogen and oxygen atoms in total. The minimum absolute atomic E-state index is 0.168. The Hall–Kier alpha value is -5.44. The van der Waals surface area contributed by atoms with Crippen molar-refractivity contribution in [1.29, 1.82) is 0 Å². The maximum Gasteiger partial charge on any atom is 0.0540 e. The topological polar surface area (TPSA) is 3.24 Å². The maximum atomic E-state index is 2.56. The van der Waals surface area contributed by atoms with Crippen LogP contribution in [-0.4, -0.2) is 0 Å². The van der Waals surface area contributed by atoms with E-state index in [1.165, 1.54) is 103 Å². The second kappa shape index (κ2) is 11.8. The molecule has 1 aromatic heterocycles. The van der Waals surface area contributed by atoms with E-state index in [1.807, 2.05) is 11.3 Å². The van der Waals surface area contributed by atoms with Gasteiger partial charge in [-0.25, -0.2) is 0 Å². The predicted molar refractivity (Wildman–Crippen MR) is 228 cm³/mol. The van der Waals surface area contributed by atoms with E-state index >= 15 is 0 Å². The van der Waals surface area contributed by atoms with E-state index < -0.39 is 0 Å². The molecule has 260 valence electrons. The summed E-state index contributed by atoms with van der Waals surface area (Å²) >= 11 is 1.88. The molecule has 0 aliphatic heterocycles. The van der Waals surface area contributed by atoms with Crippen LogP contribution in [0.15, 0.2) is 164 Å². The molecule has 0 saturated heterocycles. The highest BCUT2D eigenvalue weighted by atomic mass is 32.1.